The summed E-state index contributed by atoms with van der Waals surface area (Å²) in [6.45, 7) is 0.481. The summed E-state index contributed by atoms with van der Waals surface area (Å²) >= 11 is 0.416. The zero-order valence-electron chi connectivity index (χ0n) is 8.05. The molecule has 0 bridgehead atoms. The molecule has 15 heavy (non-hydrogen) atoms. The summed E-state index contributed by atoms with van der Waals surface area (Å²) in [5.41, 5.74) is 0. The second kappa shape index (κ2) is 5.42. The van der Waals surface area contributed by atoms with E-state index >= 15 is 0 Å². The molecule has 0 amide bonds. The van der Waals surface area contributed by atoms with Gasteiger partial charge >= 0.3 is 105 Å². The molecule has 0 fully saturated rings. The molecule has 0 aliphatic rings. The third kappa shape index (κ3) is 3.14. The SMILES string of the molecule is O=COc1cc[c]([Hg][c]2ccccc2)s1. The first-order valence-corrected chi connectivity index (χ1v) is 10.9. The first kappa shape index (κ1) is 10.8. The Balaban J connectivity index is 2.08. The number of rotatable bonds is 4. The molecule has 0 radical (unpaired) electrons. The molecule has 0 N–H and O–H groups in total. The van der Waals surface area contributed by atoms with Crippen LogP contribution in [0.1, 0.15) is 0 Å². The van der Waals surface area contributed by atoms with Crippen molar-refractivity contribution >= 4 is 23.3 Å². The van der Waals surface area contributed by atoms with Crippen LogP contribution in [0.4, 0.5) is 0 Å². The number of hydrogen-bond acceptors (Lipinski definition) is 3. The topological polar surface area (TPSA) is 26.3 Å². The Labute approximate surface area is 104 Å². The molecule has 1 aromatic carbocycles. The Morgan fingerprint density at radius 1 is 1.13 bits per heavy atom. The minimum atomic E-state index is -1.18. The van der Waals surface area contributed by atoms with Crippen LogP contribution in [0.3, 0.4) is 0 Å². The fourth-order valence-corrected chi connectivity index (χ4v) is 10.5. The van der Waals surface area contributed by atoms with Crippen LogP contribution < -0.4 is 10.2 Å². The van der Waals surface area contributed by atoms with Crippen molar-refractivity contribution in [3.8, 4) is 5.06 Å². The van der Waals surface area contributed by atoms with Crippen LogP contribution >= 0.6 is 11.3 Å². The van der Waals surface area contributed by atoms with Crippen LogP contribution in [-0.2, 0) is 29.4 Å². The van der Waals surface area contributed by atoms with Gasteiger partial charge in [0.2, 0.25) is 0 Å². The molecule has 1 heterocycles. The summed E-state index contributed by atoms with van der Waals surface area (Å²) in [7, 11) is 0. The Kier molecular flexibility index (Phi) is 3.91. The second-order valence-corrected chi connectivity index (χ2v) is 13.7. The summed E-state index contributed by atoms with van der Waals surface area (Å²) in [4.78, 5) is 10.1. The molecule has 2 rings (SSSR count). The molecule has 2 aromatic rings. The summed E-state index contributed by atoms with van der Waals surface area (Å²) in [5.74, 6) is 0. The summed E-state index contributed by atoms with van der Waals surface area (Å²) < 4.78 is 7.70. The third-order valence-electron chi connectivity index (χ3n) is 2.02. The van der Waals surface area contributed by atoms with E-state index in [2.05, 4.69) is 30.3 Å². The van der Waals surface area contributed by atoms with Gasteiger partial charge in [-0.3, -0.25) is 0 Å². The Bertz CT molecular complexity index is 439. The average molecular weight is 405 g/mol. The molecule has 0 saturated carbocycles. The molecule has 0 spiro atoms. The Hall–Kier alpha value is -0.675. The normalized spacial score (nSPS) is 9.33. The number of hydrogen-bond donors (Lipinski definition) is 0. The van der Waals surface area contributed by atoms with Crippen molar-refractivity contribution < 1.29 is 34.1 Å². The molecular weight excluding hydrogens is 397 g/mol. The van der Waals surface area contributed by atoms with Gasteiger partial charge in [-0.2, -0.15) is 0 Å². The van der Waals surface area contributed by atoms with Gasteiger partial charge in [0.15, 0.2) is 0 Å². The van der Waals surface area contributed by atoms with Crippen molar-refractivity contribution in [2.45, 2.75) is 0 Å². The molecule has 0 atom stereocenters. The van der Waals surface area contributed by atoms with Gasteiger partial charge in [-0.05, 0) is 0 Å². The van der Waals surface area contributed by atoms with E-state index < -0.39 is 24.6 Å². The van der Waals surface area contributed by atoms with Crippen LogP contribution in [0.5, 0.6) is 5.06 Å². The number of ether oxygens (including phenoxy) is 1. The van der Waals surface area contributed by atoms with Gasteiger partial charge < -0.3 is 0 Å². The monoisotopic (exact) mass is 406 g/mol. The average Bonchev–Trinajstić information content (AvgIpc) is 2.68. The summed E-state index contributed by atoms with van der Waals surface area (Å²) in [6.07, 6.45) is 0. The van der Waals surface area contributed by atoms with Crippen LogP contribution in [0, 0.1) is 0 Å². The van der Waals surface area contributed by atoms with Crippen LogP contribution in [0.15, 0.2) is 42.5 Å². The molecule has 0 unspecified atom stereocenters. The van der Waals surface area contributed by atoms with E-state index in [1.54, 1.807) is 11.3 Å². The molecule has 72 valence electrons. The van der Waals surface area contributed by atoms with Gasteiger partial charge in [-0.15, -0.1) is 0 Å². The van der Waals surface area contributed by atoms with Crippen LogP contribution in [-0.4, -0.2) is 6.47 Å². The number of benzene rings is 1. The molecule has 1 aromatic heterocycles. The van der Waals surface area contributed by atoms with Gasteiger partial charge in [0.25, 0.3) is 0 Å². The van der Waals surface area contributed by atoms with E-state index in [9.17, 15) is 4.79 Å². The number of carbonyl (C=O) groups excluding carboxylic acids is 1. The van der Waals surface area contributed by atoms with Crippen molar-refractivity contribution in [1.82, 2.24) is 0 Å². The van der Waals surface area contributed by atoms with Gasteiger partial charge in [-0.1, -0.05) is 0 Å². The van der Waals surface area contributed by atoms with E-state index in [0.717, 1.165) is 0 Å². The van der Waals surface area contributed by atoms with E-state index in [0.29, 0.717) is 11.5 Å². The van der Waals surface area contributed by atoms with Crippen molar-refractivity contribution in [2.24, 2.45) is 0 Å². The van der Waals surface area contributed by atoms with Crippen molar-refractivity contribution in [3.63, 3.8) is 0 Å². The zero-order valence-corrected chi connectivity index (χ0v) is 14.4. The quantitative estimate of drug-likeness (QED) is 0.567. The van der Waals surface area contributed by atoms with E-state index in [4.69, 9.17) is 4.74 Å². The Morgan fingerprint density at radius 3 is 2.67 bits per heavy atom. The predicted octanol–water partition coefficient (Wildman–Crippen LogP) is 1.32. The van der Waals surface area contributed by atoms with Crippen LogP contribution in [0.25, 0.3) is 0 Å². The van der Waals surface area contributed by atoms with Gasteiger partial charge in [0.1, 0.15) is 0 Å². The first-order valence-electron chi connectivity index (χ1n) is 4.61. The number of carbonyl (C=O) groups is 1. The van der Waals surface area contributed by atoms with Crippen molar-refractivity contribution in [2.75, 3.05) is 0 Å². The maximum atomic E-state index is 10.1. The van der Waals surface area contributed by atoms with Crippen LogP contribution in [0.2, 0.25) is 0 Å². The fourth-order valence-electron chi connectivity index (χ4n) is 1.36. The van der Waals surface area contributed by atoms with Gasteiger partial charge in [0.05, 0.1) is 0 Å². The van der Waals surface area contributed by atoms with E-state index in [1.807, 2.05) is 12.1 Å². The summed E-state index contributed by atoms with van der Waals surface area (Å²) in [6, 6.07) is 14.5. The molecule has 2 nitrogen and oxygen atoms in total. The zero-order chi connectivity index (χ0) is 10.5. The predicted molar refractivity (Wildman–Crippen MR) is 56.7 cm³/mol. The Morgan fingerprint density at radius 2 is 1.93 bits per heavy atom. The van der Waals surface area contributed by atoms with Gasteiger partial charge in [0, 0.05) is 0 Å². The fraction of sp³-hybridized carbons (Fsp3) is 0. The summed E-state index contributed by atoms with van der Waals surface area (Å²) in [5, 5.41) is 0.705. The van der Waals surface area contributed by atoms with E-state index in [1.165, 1.54) is 5.46 Å². The van der Waals surface area contributed by atoms with Crippen molar-refractivity contribution in [1.29, 1.82) is 0 Å². The minimum absolute atomic E-state index is 0.481. The number of thiophene rings is 1. The standard InChI is InChI=1S/C6H5.C5H3O2S.Hg/c1-2-4-6-5-3-1;6-4-7-5-2-1-3-8-5;/h1-5H;1-2,4H;. The first-order chi connectivity index (χ1) is 7.38. The van der Waals surface area contributed by atoms with Gasteiger partial charge in [-0.25, -0.2) is 0 Å². The molecule has 0 aliphatic carbocycles. The molecular formula is C11H8HgO2S. The van der Waals surface area contributed by atoms with E-state index in [-0.39, 0.29) is 0 Å². The molecule has 4 heteroatoms. The van der Waals surface area contributed by atoms with Crippen molar-refractivity contribution in [3.05, 3.63) is 42.5 Å². The molecule has 0 aliphatic heterocycles. The molecule has 0 saturated heterocycles. The maximum absolute atomic E-state index is 10.1. The second-order valence-electron chi connectivity index (χ2n) is 3.10. The third-order valence-corrected chi connectivity index (χ3v) is 11.5.